The molecule has 1 fully saturated rings. The predicted molar refractivity (Wildman–Crippen MR) is 101 cm³/mol. The van der Waals surface area contributed by atoms with Gasteiger partial charge in [0.1, 0.15) is 11.3 Å². The highest BCUT2D eigenvalue weighted by atomic mass is 35.5. The fourth-order valence-corrected chi connectivity index (χ4v) is 3.49. The lowest BCUT2D eigenvalue weighted by molar-refractivity contribution is -0.385. The number of halogens is 1. The molecule has 1 atom stereocenters. The Balaban J connectivity index is 0.00000312. The topological polar surface area (TPSA) is 98.7 Å². The Labute approximate surface area is 157 Å². The number of amides is 1. The summed E-state index contributed by atoms with van der Waals surface area (Å²) in [5.74, 6) is 0.0615. The molecule has 1 aliphatic rings. The van der Waals surface area contributed by atoms with Crippen molar-refractivity contribution in [3.8, 4) is 5.75 Å². The van der Waals surface area contributed by atoms with Crippen molar-refractivity contribution >= 4 is 35.8 Å². The quantitative estimate of drug-likeness (QED) is 0.483. The molecule has 0 spiro atoms. The third-order valence-corrected chi connectivity index (χ3v) is 5.29. The summed E-state index contributed by atoms with van der Waals surface area (Å²) in [5.41, 5.74) is 5.74. The first-order chi connectivity index (χ1) is 11.2. The van der Waals surface area contributed by atoms with Crippen molar-refractivity contribution in [3.05, 3.63) is 27.8 Å². The van der Waals surface area contributed by atoms with E-state index in [4.69, 9.17) is 10.5 Å². The Morgan fingerprint density at radius 2 is 2.12 bits per heavy atom. The van der Waals surface area contributed by atoms with Crippen LogP contribution in [0.15, 0.2) is 17.0 Å². The number of likely N-dealkylation sites (tertiary alicyclic amines) is 1. The molecule has 0 bridgehead atoms. The minimum Gasteiger partial charge on any atom is -0.495 e. The Morgan fingerprint density at radius 1 is 1.48 bits per heavy atom. The number of methoxy groups -OCH3 is 1. The SMILES string of the molecule is COc1cc([N+](=O)[O-])c(C(=O)N2CCC(N)C(C)(C)C2)cc1SC.Cl. The first-order valence-electron chi connectivity index (χ1n) is 7.66. The number of ether oxygens (including phenoxy) is 1. The number of piperidine rings is 1. The van der Waals surface area contributed by atoms with E-state index in [2.05, 4.69) is 0 Å². The lowest BCUT2D eigenvalue weighted by atomic mass is 9.79. The molecule has 0 saturated carbocycles. The number of carbonyl (C=O) groups is 1. The summed E-state index contributed by atoms with van der Waals surface area (Å²) in [6.45, 7) is 4.99. The van der Waals surface area contributed by atoms with Gasteiger partial charge in [-0.2, -0.15) is 0 Å². The molecule has 0 radical (unpaired) electrons. The van der Waals surface area contributed by atoms with Gasteiger partial charge >= 0.3 is 0 Å². The highest BCUT2D eigenvalue weighted by Crippen LogP contribution is 2.36. The third-order valence-electron chi connectivity index (χ3n) is 4.53. The molecule has 0 aromatic heterocycles. The molecule has 1 heterocycles. The van der Waals surface area contributed by atoms with Gasteiger partial charge in [0, 0.05) is 19.1 Å². The number of benzene rings is 1. The van der Waals surface area contributed by atoms with E-state index in [-0.39, 0.29) is 41.0 Å². The zero-order valence-corrected chi connectivity index (χ0v) is 16.4. The first-order valence-corrected chi connectivity index (χ1v) is 8.89. The van der Waals surface area contributed by atoms with E-state index in [0.29, 0.717) is 30.2 Å². The molecule has 140 valence electrons. The lowest BCUT2D eigenvalue weighted by Gasteiger charge is -2.42. The van der Waals surface area contributed by atoms with E-state index in [0.717, 1.165) is 0 Å². The number of nitro groups is 1. The highest BCUT2D eigenvalue weighted by Gasteiger charge is 2.37. The zero-order chi connectivity index (χ0) is 18.1. The average Bonchev–Trinajstić information content (AvgIpc) is 2.55. The van der Waals surface area contributed by atoms with Gasteiger partial charge in [0.05, 0.1) is 23.0 Å². The third kappa shape index (κ3) is 4.37. The van der Waals surface area contributed by atoms with E-state index in [9.17, 15) is 14.9 Å². The Kier molecular flexibility index (Phi) is 7.10. The van der Waals surface area contributed by atoms with Crippen LogP contribution in [0.1, 0.15) is 30.6 Å². The molecule has 25 heavy (non-hydrogen) atoms. The molecule has 1 aromatic carbocycles. The molecule has 2 rings (SSSR count). The van der Waals surface area contributed by atoms with Gasteiger partial charge in [0.25, 0.3) is 11.6 Å². The zero-order valence-electron chi connectivity index (χ0n) is 14.8. The molecule has 1 unspecified atom stereocenters. The van der Waals surface area contributed by atoms with Crippen LogP contribution in [0.2, 0.25) is 0 Å². The summed E-state index contributed by atoms with van der Waals surface area (Å²) in [5, 5.41) is 11.4. The summed E-state index contributed by atoms with van der Waals surface area (Å²) in [7, 11) is 1.45. The highest BCUT2D eigenvalue weighted by molar-refractivity contribution is 7.98. The van der Waals surface area contributed by atoms with E-state index >= 15 is 0 Å². The summed E-state index contributed by atoms with van der Waals surface area (Å²) in [4.78, 5) is 26.1. The second kappa shape index (κ2) is 8.25. The van der Waals surface area contributed by atoms with Crippen molar-refractivity contribution in [2.24, 2.45) is 11.1 Å². The van der Waals surface area contributed by atoms with Crippen LogP contribution in [0.3, 0.4) is 0 Å². The van der Waals surface area contributed by atoms with Gasteiger partial charge < -0.3 is 15.4 Å². The molecule has 2 N–H and O–H groups in total. The van der Waals surface area contributed by atoms with Crippen LogP contribution >= 0.6 is 24.2 Å². The first kappa shape index (κ1) is 21.5. The van der Waals surface area contributed by atoms with Gasteiger partial charge in [-0.1, -0.05) is 13.8 Å². The number of carbonyl (C=O) groups excluding carboxylic acids is 1. The van der Waals surface area contributed by atoms with Gasteiger partial charge in [-0.05, 0) is 24.2 Å². The summed E-state index contributed by atoms with van der Waals surface area (Å²) in [6, 6.07) is 2.87. The summed E-state index contributed by atoms with van der Waals surface area (Å²) in [6.07, 6.45) is 2.51. The lowest BCUT2D eigenvalue weighted by Crippen LogP contribution is -2.54. The molecule has 9 heteroatoms. The van der Waals surface area contributed by atoms with E-state index in [1.54, 1.807) is 11.0 Å². The number of thioether (sulfide) groups is 1. The molecular weight excluding hydrogens is 366 g/mol. The van der Waals surface area contributed by atoms with Crippen molar-refractivity contribution in [1.82, 2.24) is 4.90 Å². The van der Waals surface area contributed by atoms with Crippen molar-refractivity contribution in [3.63, 3.8) is 0 Å². The Hall–Kier alpha value is -1.51. The van der Waals surface area contributed by atoms with Gasteiger partial charge in [-0.25, -0.2) is 0 Å². The van der Waals surface area contributed by atoms with Gasteiger partial charge in [0.15, 0.2) is 0 Å². The maximum absolute atomic E-state index is 12.9. The second-order valence-corrected chi connectivity index (χ2v) is 7.44. The fraction of sp³-hybridized carbons (Fsp3) is 0.562. The Bertz CT molecular complexity index is 669. The van der Waals surface area contributed by atoms with Crippen molar-refractivity contribution in [1.29, 1.82) is 0 Å². The monoisotopic (exact) mass is 389 g/mol. The number of nitro benzene ring substituents is 1. The number of hydrogen-bond donors (Lipinski definition) is 1. The second-order valence-electron chi connectivity index (χ2n) is 6.59. The largest absolute Gasteiger partial charge is 0.495 e. The maximum Gasteiger partial charge on any atom is 0.285 e. The minimum absolute atomic E-state index is 0. The van der Waals surface area contributed by atoms with E-state index in [1.807, 2.05) is 20.1 Å². The van der Waals surface area contributed by atoms with Crippen molar-refractivity contribution in [2.45, 2.75) is 31.2 Å². The minimum atomic E-state index is -0.541. The van der Waals surface area contributed by atoms with E-state index in [1.165, 1.54) is 24.9 Å². The molecule has 7 nitrogen and oxygen atoms in total. The van der Waals surface area contributed by atoms with Crippen molar-refractivity contribution in [2.75, 3.05) is 26.5 Å². The molecule has 1 aromatic rings. The smallest absolute Gasteiger partial charge is 0.285 e. The Morgan fingerprint density at radius 3 is 2.60 bits per heavy atom. The molecule has 1 aliphatic heterocycles. The van der Waals surface area contributed by atoms with Crippen LogP contribution in [-0.4, -0.2) is 48.2 Å². The van der Waals surface area contributed by atoms with Crippen LogP contribution in [-0.2, 0) is 0 Å². The van der Waals surface area contributed by atoms with Crippen LogP contribution in [0.4, 0.5) is 5.69 Å². The van der Waals surface area contributed by atoms with Crippen LogP contribution < -0.4 is 10.5 Å². The van der Waals surface area contributed by atoms with Crippen LogP contribution in [0.5, 0.6) is 5.75 Å². The van der Waals surface area contributed by atoms with Crippen LogP contribution in [0.25, 0.3) is 0 Å². The number of nitrogens with two attached hydrogens (primary N) is 1. The molecule has 0 aliphatic carbocycles. The number of hydrogen-bond acceptors (Lipinski definition) is 6. The van der Waals surface area contributed by atoms with Crippen molar-refractivity contribution < 1.29 is 14.5 Å². The van der Waals surface area contributed by atoms with Gasteiger partial charge in [-0.3, -0.25) is 14.9 Å². The number of rotatable bonds is 4. The normalized spacial score (nSPS) is 19.1. The molecule has 1 saturated heterocycles. The summed E-state index contributed by atoms with van der Waals surface area (Å²) < 4.78 is 5.19. The standard InChI is InChI=1S/C16H23N3O4S.ClH/c1-16(2)9-18(6-5-14(16)17)15(20)10-7-13(24-4)12(23-3)8-11(10)19(21)22;/h7-8,14H,5-6,9,17H2,1-4H3;1H. The van der Waals surface area contributed by atoms with E-state index < -0.39 is 4.92 Å². The maximum atomic E-state index is 12.9. The van der Waals surface area contributed by atoms with Gasteiger partial charge in [0.2, 0.25) is 0 Å². The fourth-order valence-electron chi connectivity index (χ4n) is 2.91. The molecular formula is C16H24ClN3O4S. The molecule has 1 amide bonds. The number of nitrogens with zero attached hydrogens (tertiary/aromatic N) is 2. The van der Waals surface area contributed by atoms with Gasteiger partial charge in [-0.15, -0.1) is 24.2 Å². The average molecular weight is 390 g/mol. The summed E-state index contributed by atoms with van der Waals surface area (Å²) >= 11 is 1.38. The predicted octanol–water partition coefficient (Wildman–Crippen LogP) is 2.95. The van der Waals surface area contributed by atoms with Crippen LogP contribution in [0, 0.1) is 15.5 Å².